The first-order valence-corrected chi connectivity index (χ1v) is 6.92. The van der Waals surface area contributed by atoms with E-state index in [2.05, 4.69) is 40.3 Å². The summed E-state index contributed by atoms with van der Waals surface area (Å²) in [5.74, 6) is 0.916. The van der Waals surface area contributed by atoms with Crippen molar-refractivity contribution in [3.63, 3.8) is 0 Å². The Morgan fingerprint density at radius 2 is 2.32 bits per heavy atom. The number of rotatable bonds is 5. The number of hydrogen-bond acceptors (Lipinski definition) is 4. The number of hydrogen-bond donors (Lipinski definition) is 1. The molecule has 5 nitrogen and oxygen atoms in total. The van der Waals surface area contributed by atoms with Crippen molar-refractivity contribution in [1.82, 2.24) is 19.5 Å². The minimum absolute atomic E-state index is 0.513. The summed E-state index contributed by atoms with van der Waals surface area (Å²) in [5.41, 5.74) is 2.06. The molecule has 0 spiro atoms. The maximum absolute atomic E-state index is 4.42. The fourth-order valence-corrected chi connectivity index (χ4v) is 2.41. The zero-order valence-corrected chi connectivity index (χ0v) is 11.8. The highest BCUT2D eigenvalue weighted by Gasteiger charge is 2.28. The van der Waals surface area contributed by atoms with Gasteiger partial charge in [0.2, 0.25) is 0 Å². The van der Waals surface area contributed by atoms with E-state index in [0.29, 0.717) is 6.04 Å². The van der Waals surface area contributed by atoms with Crippen LogP contribution >= 0.6 is 0 Å². The molecule has 0 saturated heterocycles. The molecule has 0 aliphatic heterocycles. The molecule has 0 aromatic carbocycles. The number of likely N-dealkylation sites (N-methyl/N-ethyl adjacent to an activating group) is 1. The molecule has 3 rings (SSSR count). The van der Waals surface area contributed by atoms with E-state index in [0.717, 1.165) is 29.6 Å². The summed E-state index contributed by atoms with van der Waals surface area (Å²) in [6, 6.07) is 3.36. The van der Waals surface area contributed by atoms with Crippen LogP contribution in [0.4, 0.5) is 5.82 Å². The molecule has 1 saturated carbocycles. The van der Waals surface area contributed by atoms with Crippen molar-refractivity contribution in [3.05, 3.63) is 24.2 Å². The van der Waals surface area contributed by atoms with Gasteiger partial charge in [-0.1, -0.05) is 0 Å². The molecule has 2 aromatic rings. The third-order valence-electron chi connectivity index (χ3n) is 3.90. The van der Waals surface area contributed by atoms with Gasteiger partial charge in [0.15, 0.2) is 5.82 Å². The predicted octanol–water partition coefficient (Wildman–Crippen LogP) is 1.93. The molecule has 1 aliphatic rings. The fourth-order valence-electron chi connectivity index (χ4n) is 2.41. The fraction of sp³-hybridized carbons (Fsp3) is 0.571. The average molecular weight is 259 g/mol. The molecule has 1 aliphatic carbocycles. The van der Waals surface area contributed by atoms with Crippen molar-refractivity contribution in [2.24, 2.45) is 0 Å². The lowest BCUT2D eigenvalue weighted by Gasteiger charge is -2.24. The summed E-state index contributed by atoms with van der Waals surface area (Å²) in [4.78, 5) is 6.87. The lowest BCUT2D eigenvalue weighted by molar-refractivity contribution is 0.257. The van der Waals surface area contributed by atoms with Crippen molar-refractivity contribution in [1.29, 1.82) is 0 Å². The summed E-state index contributed by atoms with van der Waals surface area (Å²) < 4.78 is 1.87. The van der Waals surface area contributed by atoms with Crippen molar-refractivity contribution >= 4 is 11.3 Å². The van der Waals surface area contributed by atoms with E-state index in [-0.39, 0.29) is 0 Å². The Hall–Kier alpha value is -1.62. The van der Waals surface area contributed by atoms with Crippen molar-refractivity contribution in [2.45, 2.75) is 38.8 Å². The summed E-state index contributed by atoms with van der Waals surface area (Å²) >= 11 is 0. The largest absolute Gasteiger partial charge is 0.367 e. The number of aryl methyl sites for hydroxylation is 1. The first-order valence-electron chi connectivity index (χ1n) is 6.92. The monoisotopic (exact) mass is 259 g/mol. The second-order valence-electron chi connectivity index (χ2n) is 5.52. The van der Waals surface area contributed by atoms with E-state index < -0.39 is 0 Å². The predicted molar refractivity (Wildman–Crippen MR) is 76.5 cm³/mol. The van der Waals surface area contributed by atoms with Gasteiger partial charge in [-0.2, -0.15) is 5.10 Å². The molecule has 1 N–H and O–H groups in total. The number of nitrogens with zero attached hydrogens (tertiary/aromatic N) is 4. The maximum Gasteiger partial charge on any atom is 0.152 e. The van der Waals surface area contributed by atoms with Gasteiger partial charge in [0.25, 0.3) is 0 Å². The zero-order chi connectivity index (χ0) is 13.4. The van der Waals surface area contributed by atoms with Crippen LogP contribution in [0.1, 0.15) is 25.5 Å². The van der Waals surface area contributed by atoms with Gasteiger partial charge in [-0.05, 0) is 39.8 Å². The van der Waals surface area contributed by atoms with Gasteiger partial charge in [-0.15, -0.1) is 0 Å². The molecule has 0 amide bonds. The summed E-state index contributed by atoms with van der Waals surface area (Å²) in [7, 11) is 2.21. The van der Waals surface area contributed by atoms with Gasteiger partial charge >= 0.3 is 0 Å². The molecule has 1 atom stereocenters. The van der Waals surface area contributed by atoms with Crippen molar-refractivity contribution < 1.29 is 0 Å². The van der Waals surface area contributed by atoms with Crippen molar-refractivity contribution in [2.75, 3.05) is 18.9 Å². The van der Waals surface area contributed by atoms with E-state index in [4.69, 9.17) is 0 Å². The Bertz CT molecular complexity index is 572. The van der Waals surface area contributed by atoms with E-state index in [1.54, 1.807) is 6.20 Å². The zero-order valence-electron chi connectivity index (χ0n) is 11.8. The van der Waals surface area contributed by atoms with E-state index in [1.807, 2.05) is 17.6 Å². The Morgan fingerprint density at radius 3 is 3.05 bits per heavy atom. The molecular weight excluding hydrogens is 238 g/mol. The number of nitrogens with one attached hydrogen (secondary N) is 1. The van der Waals surface area contributed by atoms with Gasteiger partial charge in [0, 0.05) is 31.0 Å². The average Bonchev–Trinajstić information content (AvgIpc) is 3.16. The van der Waals surface area contributed by atoms with Crippen LogP contribution in [0.3, 0.4) is 0 Å². The molecule has 5 heteroatoms. The van der Waals surface area contributed by atoms with Crippen LogP contribution in [-0.4, -0.2) is 45.2 Å². The summed E-state index contributed by atoms with van der Waals surface area (Å²) in [6.07, 6.45) is 6.36. The first kappa shape index (κ1) is 12.4. The van der Waals surface area contributed by atoms with Crippen molar-refractivity contribution in [3.8, 4) is 0 Å². The normalized spacial score (nSPS) is 17.1. The highest BCUT2D eigenvalue weighted by Crippen LogP contribution is 2.27. The molecule has 0 bridgehead atoms. The van der Waals surface area contributed by atoms with Crippen LogP contribution in [0.2, 0.25) is 0 Å². The van der Waals surface area contributed by atoms with E-state index in [9.17, 15) is 0 Å². The SMILES string of the molecule is Cc1cc2c(NCC(C)N(C)C3CC3)nccn2n1. The molecule has 1 unspecified atom stereocenters. The van der Waals surface area contributed by atoms with Crippen LogP contribution in [0, 0.1) is 6.92 Å². The topological polar surface area (TPSA) is 45.5 Å². The second kappa shape index (κ2) is 4.81. The van der Waals surface area contributed by atoms with E-state index >= 15 is 0 Å². The van der Waals surface area contributed by atoms with Crippen LogP contribution in [0.15, 0.2) is 18.5 Å². The smallest absolute Gasteiger partial charge is 0.152 e. The van der Waals surface area contributed by atoms with Gasteiger partial charge in [-0.25, -0.2) is 9.50 Å². The molecule has 2 heterocycles. The minimum atomic E-state index is 0.513. The van der Waals surface area contributed by atoms with Crippen LogP contribution < -0.4 is 5.32 Å². The number of anilines is 1. The second-order valence-corrected chi connectivity index (χ2v) is 5.52. The maximum atomic E-state index is 4.42. The van der Waals surface area contributed by atoms with Gasteiger partial charge in [0.05, 0.1) is 5.69 Å². The lowest BCUT2D eigenvalue weighted by Crippen LogP contribution is -2.36. The Labute approximate surface area is 113 Å². The number of fused-ring (bicyclic) bond motifs is 1. The van der Waals surface area contributed by atoms with Crippen LogP contribution in [-0.2, 0) is 0 Å². The Balaban J connectivity index is 1.70. The first-order chi connectivity index (χ1) is 9.15. The van der Waals surface area contributed by atoms with Gasteiger partial charge < -0.3 is 5.32 Å². The minimum Gasteiger partial charge on any atom is -0.367 e. The summed E-state index contributed by atoms with van der Waals surface area (Å²) in [6.45, 7) is 5.16. The highest BCUT2D eigenvalue weighted by atomic mass is 15.2. The molecule has 102 valence electrons. The summed E-state index contributed by atoms with van der Waals surface area (Å²) in [5, 5.41) is 7.85. The Morgan fingerprint density at radius 1 is 1.53 bits per heavy atom. The van der Waals surface area contributed by atoms with Crippen LogP contribution in [0.5, 0.6) is 0 Å². The molecule has 0 radical (unpaired) electrons. The van der Waals surface area contributed by atoms with Gasteiger partial charge in [0.1, 0.15) is 5.52 Å². The quantitative estimate of drug-likeness (QED) is 0.891. The van der Waals surface area contributed by atoms with Gasteiger partial charge in [-0.3, -0.25) is 4.90 Å². The highest BCUT2D eigenvalue weighted by molar-refractivity contribution is 5.67. The van der Waals surface area contributed by atoms with E-state index in [1.165, 1.54) is 12.8 Å². The number of aromatic nitrogens is 3. The third kappa shape index (κ3) is 2.56. The van der Waals surface area contributed by atoms with Crippen LogP contribution in [0.25, 0.3) is 5.52 Å². The Kier molecular flexibility index (Phi) is 3.14. The third-order valence-corrected chi connectivity index (χ3v) is 3.90. The molecule has 1 fully saturated rings. The lowest BCUT2D eigenvalue weighted by atomic mass is 10.3. The molecule has 19 heavy (non-hydrogen) atoms. The standard InChI is InChI=1S/C14H21N5/c1-10-8-13-14(15-6-7-19(13)17-10)16-9-11(2)18(3)12-4-5-12/h6-8,11-12H,4-5,9H2,1-3H3,(H,15,16). The molecular formula is C14H21N5. The molecule has 2 aromatic heterocycles.